The summed E-state index contributed by atoms with van der Waals surface area (Å²) in [7, 11) is -3.79. The SMILES string of the molecule is CC(=O)Nc1ccc(S(=O)(=O)Nc2cnc3ccccc3n2)cc1. The Morgan fingerprint density at radius 3 is 2.33 bits per heavy atom. The van der Waals surface area contributed by atoms with E-state index in [1.54, 1.807) is 18.2 Å². The predicted octanol–water partition coefficient (Wildman–Crippen LogP) is 2.39. The molecular weight excluding hydrogens is 328 g/mol. The van der Waals surface area contributed by atoms with E-state index in [1.807, 2.05) is 6.07 Å². The maximum Gasteiger partial charge on any atom is 0.263 e. The van der Waals surface area contributed by atoms with Gasteiger partial charge >= 0.3 is 0 Å². The van der Waals surface area contributed by atoms with Crippen LogP contribution in [0.3, 0.4) is 0 Å². The molecule has 8 heteroatoms. The number of nitrogens with one attached hydrogen (secondary N) is 2. The van der Waals surface area contributed by atoms with Crippen molar-refractivity contribution in [2.75, 3.05) is 10.0 Å². The van der Waals surface area contributed by atoms with Crippen molar-refractivity contribution < 1.29 is 13.2 Å². The van der Waals surface area contributed by atoms with Gasteiger partial charge in [0.1, 0.15) is 0 Å². The van der Waals surface area contributed by atoms with Crippen molar-refractivity contribution in [1.29, 1.82) is 0 Å². The summed E-state index contributed by atoms with van der Waals surface area (Å²) in [5.74, 6) is -0.0881. The third kappa shape index (κ3) is 3.49. The van der Waals surface area contributed by atoms with E-state index in [0.717, 1.165) is 0 Å². The van der Waals surface area contributed by atoms with Crippen LogP contribution in [0.2, 0.25) is 0 Å². The molecular formula is C16H14N4O3S. The van der Waals surface area contributed by atoms with Gasteiger partial charge in [-0.2, -0.15) is 0 Å². The van der Waals surface area contributed by atoms with Gasteiger partial charge in [0.05, 0.1) is 22.1 Å². The average molecular weight is 342 g/mol. The quantitative estimate of drug-likeness (QED) is 0.758. The molecule has 2 N–H and O–H groups in total. The van der Waals surface area contributed by atoms with E-state index in [2.05, 4.69) is 20.0 Å². The summed E-state index contributed by atoms with van der Waals surface area (Å²) in [6.45, 7) is 1.38. The van der Waals surface area contributed by atoms with Gasteiger partial charge in [-0.05, 0) is 36.4 Å². The number of para-hydroxylation sites is 2. The molecule has 0 spiro atoms. The highest BCUT2D eigenvalue weighted by Crippen LogP contribution is 2.18. The number of nitrogens with zero attached hydrogens (tertiary/aromatic N) is 2. The van der Waals surface area contributed by atoms with Crippen LogP contribution >= 0.6 is 0 Å². The second-order valence-corrected chi connectivity index (χ2v) is 6.74. The number of fused-ring (bicyclic) bond motifs is 1. The molecule has 1 aromatic heterocycles. The van der Waals surface area contributed by atoms with E-state index in [0.29, 0.717) is 16.7 Å². The Bertz CT molecular complexity index is 1000. The molecule has 0 radical (unpaired) electrons. The third-order valence-corrected chi connectivity index (χ3v) is 4.54. The van der Waals surface area contributed by atoms with Crippen molar-refractivity contribution in [3.63, 3.8) is 0 Å². The molecule has 122 valence electrons. The number of benzene rings is 2. The molecule has 0 fully saturated rings. The number of aromatic nitrogens is 2. The zero-order valence-electron chi connectivity index (χ0n) is 12.7. The Morgan fingerprint density at radius 2 is 1.67 bits per heavy atom. The lowest BCUT2D eigenvalue weighted by Crippen LogP contribution is -2.14. The molecule has 0 aliphatic heterocycles. The number of anilines is 2. The van der Waals surface area contributed by atoms with Crippen LogP contribution in [0.4, 0.5) is 11.5 Å². The molecule has 2 aromatic carbocycles. The molecule has 0 aliphatic carbocycles. The smallest absolute Gasteiger partial charge is 0.263 e. The minimum atomic E-state index is -3.79. The van der Waals surface area contributed by atoms with Gasteiger partial charge < -0.3 is 5.32 Å². The Labute approximate surface area is 138 Å². The Balaban J connectivity index is 1.85. The zero-order valence-corrected chi connectivity index (χ0v) is 13.5. The van der Waals surface area contributed by atoms with Gasteiger partial charge in [0, 0.05) is 12.6 Å². The van der Waals surface area contributed by atoms with Gasteiger partial charge in [0.15, 0.2) is 5.82 Å². The Morgan fingerprint density at radius 1 is 1.00 bits per heavy atom. The van der Waals surface area contributed by atoms with Crippen molar-refractivity contribution in [3.05, 3.63) is 54.7 Å². The summed E-state index contributed by atoms with van der Waals surface area (Å²) in [5, 5.41) is 2.58. The Kier molecular flexibility index (Phi) is 4.13. The minimum Gasteiger partial charge on any atom is -0.326 e. The van der Waals surface area contributed by atoms with Crippen LogP contribution in [-0.2, 0) is 14.8 Å². The molecule has 1 heterocycles. The topological polar surface area (TPSA) is 101 Å². The van der Waals surface area contributed by atoms with Gasteiger partial charge in [-0.15, -0.1) is 0 Å². The highest BCUT2D eigenvalue weighted by atomic mass is 32.2. The summed E-state index contributed by atoms with van der Waals surface area (Å²) < 4.78 is 27.2. The van der Waals surface area contributed by atoms with E-state index < -0.39 is 10.0 Å². The molecule has 3 rings (SSSR count). The lowest BCUT2D eigenvalue weighted by atomic mass is 10.3. The molecule has 24 heavy (non-hydrogen) atoms. The summed E-state index contributed by atoms with van der Waals surface area (Å²) >= 11 is 0. The predicted molar refractivity (Wildman–Crippen MR) is 91.1 cm³/mol. The fourth-order valence-electron chi connectivity index (χ4n) is 2.12. The first-order chi connectivity index (χ1) is 11.4. The normalized spacial score (nSPS) is 11.2. The van der Waals surface area contributed by atoms with Crippen LogP contribution in [0.15, 0.2) is 59.6 Å². The molecule has 3 aromatic rings. The van der Waals surface area contributed by atoms with Crippen LogP contribution in [-0.4, -0.2) is 24.3 Å². The summed E-state index contributed by atoms with van der Waals surface area (Å²) in [5.41, 5.74) is 1.80. The van der Waals surface area contributed by atoms with E-state index in [9.17, 15) is 13.2 Å². The van der Waals surface area contributed by atoms with E-state index in [-0.39, 0.29) is 16.6 Å². The maximum atomic E-state index is 12.4. The number of amides is 1. The lowest BCUT2D eigenvalue weighted by molar-refractivity contribution is -0.114. The van der Waals surface area contributed by atoms with Gasteiger partial charge in [-0.25, -0.2) is 13.4 Å². The van der Waals surface area contributed by atoms with Crippen molar-refractivity contribution in [1.82, 2.24) is 9.97 Å². The van der Waals surface area contributed by atoms with Crippen LogP contribution in [0.25, 0.3) is 11.0 Å². The van der Waals surface area contributed by atoms with Gasteiger partial charge in [0.25, 0.3) is 10.0 Å². The third-order valence-electron chi connectivity index (χ3n) is 3.17. The van der Waals surface area contributed by atoms with Gasteiger partial charge in [-0.1, -0.05) is 12.1 Å². The number of hydrogen-bond acceptors (Lipinski definition) is 5. The Hall–Kier alpha value is -3.00. The first kappa shape index (κ1) is 15.9. The van der Waals surface area contributed by atoms with Crippen LogP contribution < -0.4 is 10.0 Å². The van der Waals surface area contributed by atoms with E-state index in [1.165, 1.54) is 37.4 Å². The van der Waals surface area contributed by atoms with Crippen molar-refractivity contribution >= 4 is 38.5 Å². The van der Waals surface area contributed by atoms with Gasteiger partial charge in [-0.3, -0.25) is 14.5 Å². The molecule has 0 saturated heterocycles. The lowest BCUT2D eigenvalue weighted by Gasteiger charge is -2.08. The molecule has 0 atom stereocenters. The van der Waals surface area contributed by atoms with Crippen LogP contribution in [0.5, 0.6) is 0 Å². The fraction of sp³-hybridized carbons (Fsp3) is 0.0625. The van der Waals surface area contributed by atoms with Crippen molar-refractivity contribution in [2.24, 2.45) is 0 Å². The maximum absolute atomic E-state index is 12.4. The number of carbonyl (C=O) groups is 1. The first-order valence-corrected chi connectivity index (χ1v) is 8.55. The molecule has 0 aliphatic rings. The molecule has 7 nitrogen and oxygen atoms in total. The number of carbonyl (C=O) groups excluding carboxylic acids is 1. The van der Waals surface area contributed by atoms with Crippen molar-refractivity contribution in [3.8, 4) is 0 Å². The molecule has 0 unspecified atom stereocenters. The van der Waals surface area contributed by atoms with E-state index >= 15 is 0 Å². The zero-order chi connectivity index (χ0) is 17.2. The fourth-order valence-corrected chi connectivity index (χ4v) is 3.11. The average Bonchev–Trinajstić information content (AvgIpc) is 2.54. The summed E-state index contributed by atoms with van der Waals surface area (Å²) in [6, 6.07) is 13.0. The number of sulfonamides is 1. The highest BCUT2D eigenvalue weighted by Gasteiger charge is 2.15. The summed E-state index contributed by atoms with van der Waals surface area (Å²) in [4.78, 5) is 19.4. The first-order valence-electron chi connectivity index (χ1n) is 7.06. The molecule has 1 amide bonds. The second-order valence-electron chi connectivity index (χ2n) is 5.06. The van der Waals surface area contributed by atoms with Crippen LogP contribution in [0, 0.1) is 0 Å². The van der Waals surface area contributed by atoms with Crippen molar-refractivity contribution in [2.45, 2.75) is 11.8 Å². The standard InChI is InChI=1S/C16H14N4O3S/c1-11(21)18-12-6-8-13(9-7-12)24(22,23)20-16-10-17-14-4-2-3-5-15(14)19-16/h2-10H,1H3,(H,18,21)(H,19,20). The molecule has 0 bridgehead atoms. The second kappa shape index (κ2) is 6.25. The van der Waals surface area contributed by atoms with Gasteiger partial charge in [0.2, 0.25) is 5.91 Å². The monoisotopic (exact) mass is 342 g/mol. The molecule has 0 saturated carbocycles. The van der Waals surface area contributed by atoms with E-state index in [4.69, 9.17) is 0 Å². The van der Waals surface area contributed by atoms with Crippen LogP contribution in [0.1, 0.15) is 6.92 Å². The summed E-state index contributed by atoms with van der Waals surface area (Å²) in [6.07, 6.45) is 1.37. The number of rotatable bonds is 4. The largest absolute Gasteiger partial charge is 0.326 e. The highest BCUT2D eigenvalue weighted by molar-refractivity contribution is 7.92. The number of hydrogen-bond donors (Lipinski definition) is 2. The minimum absolute atomic E-state index is 0.0616.